The van der Waals surface area contributed by atoms with Gasteiger partial charge in [-0.25, -0.2) is 0 Å². The molecule has 0 aromatic heterocycles. The second-order valence-corrected chi connectivity index (χ2v) is 7.02. The van der Waals surface area contributed by atoms with Gasteiger partial charge in [0.1, 0.15) is 0 Å². The van der Waals surface area contributed by atoms with Crippen molar-refractivity contribution in [2.45, 2.75) is 32.6 Å². The van der Waals surface area contributed by atoms with E-state index in [1.54, 1.807) is 0 Å². The number of rotatable bonds is 7. The van der Waals surface area contributed by atoms with Crippen LogP contribution in [0.15, 0.2) is 48.5 Å². The summed E-state index contributed by atoms with van der Waals surface area (Å²) in [7, 11) is 0. The van der Waals surface area contributed by atoms with Crippen LogP contribution in [0.3, 0.4) is 0 Å². The predicted octanol–water partition coefficient (Wildman–Crippen LogP) is 4.21. The molecule has 0 heterocycles. The first-order valence-electron chi connectivity index (χ1n) is 9.06. The van der Waals surface area contributed by atoms with Gasteiger partial charge >= 0.3 is 0 Å². The van der Waals surface area contributed by atoms with Crippen molar-refractivity contribution in [3.05, 3.63) is 54.1 Å². The summed E-state index contributed by atoms with van der Waals surface area (Å²) in [6, 6.07) is 15.3. The molecule has 1 saturated carbocycles. The van der Waals surface area contributed by atoms with Gasteiger partial charge in [-0.2, -0.15) is 0 Å². The van der Waals surface area contributed by atoms with Gasteiger partial charge in [0.15, 0.2) is 0 Å². The Morgan fingerprint density at radius 2 is 1.42 bits per heavy atom. The van der Waals surface area contributed by atoms with Crippen LogP contribution in [-0.4, -0.2) is 18.4 Å². The highest BCUT2D eigenvalue weighted by Crippen LogP contribution is 2.30. The minimum Gasteiger partial charge on any atom is -0.376 e. The van der Waals surface area contributed by atoms with Gasteiger partial charge in [-0.05, 0) is 60.7 Å². The highest BCUT2D eigenvalue weighted by Gasteiger charge is 2.29. The molecule has 1 aliphatic rings. The van der Waals surface area contributed by atoms with Crippen LogP contribution in [0.4, 0.5) is 17.1 Å². The van der Waals surface area contributed by atoms with Crippen molar-refractivity contribution in [1.29, 1.82) is 0 Å². The molecule has 0 bridgehead atoms. The summed E-state index contributed by atoms with van der Waals surface area (Å²) in [5, 5.41) is 8.86. The van der Waals surface area contributed by atoms with Crippen molar-refractivity contribution in [3.63, 3.8) is 0 Å². The SMILES string of the molecule is CC(C)c1ccc(NC(=O)CNc2ccc(NC(=O)C3CC3)cc2)cc1. The third-order valence-corrected chi connectivity index (χ3v) is 4.41. The van der Waals surface area contributed by atoms with E-state index >= 15 is 0 Å². The zero-order valence-electron chi connectivity index (χ0n) is 15.2. The summed E-state index contributed by atoms with van der Waals surface area (Å²) in [6.07, 6.45) is 1.97. The van der Waals surface area contributed by atoms with E-state index in [4.69, 9.17) is 0 Å². The van der Waals surface area contributed by atoms with Gasteiger partial charge in [0.05, 0.1) is 6.54 Å². The van der Waals surface area contributed by atoms with Crippen LogP contribution >= 0.6 is 0 Å². The number of hydrogen-bond donors (Lipinski definition) is 3. The first-order chi connectivity index (χ1) is 12.5. The Bertz CT molecular complexity index is 763. The smallest absolute Gasteiger partial charge is 0.243 e. The Kier molecular flexibility index (Phi) is 5.56. The van der Waals surface area contributed by atoms with Gasteiger partial charge in [-0.1, -0.05) is 26.0 Å². The lowest BCUT2D eigenvalue weighted by atomic mass is 10.0. The summed E-state index contributed by atoms with van der Waals surface area (Å²) < 4.78 is 0. The second-order valence-electron chi connectivity index (χ2n) is 7.02. The number of carbonyl (C=O) groups excluding carboxylic acids is 2. The molecule has 3 N–H and O–H groups in total. The largest absolute Gasteiger partial charge is 0.376 e. The van der Waals surface area contributed by atoms with E-state index in [0.29, 0.717) is 5.92 Å². The summed E-state index contributed by atoms with van der Waals surface area (Å²) in [4.78, 5) is 23.8. The van der Waals surface area contributed by atoms with Crippen LogP contribution in [-0.2, 0) is 9.59 Å². The maximum Gasteiger partial charge on any atom is 0.243 e. The molecule has 26 heavy (non-hydrogen) atoms. The van der Waals surface area contributed by atoms with E-state index in [9.17, 15) is 9.59 Å². The van der Waals surface area contributed by atoms with Gasteiger partial charge in [-0.3, -0.25) is 9.59 Å². The van der Waals surface area contributed by atoms with Crippen molar-refractivity contribution in [3.8, 4) is 0 Å². The topological polar surface area (TPSA) is 70.2 Å². The standard InChI is InChI=1S/C21H25N3O2/c1-14(2)15-5-7-18(8-6-15)23-20(25)13-22-17-9-11-19(12-10-17)24-21(26)16-3-4-16/h5-12,14,16,22H,3-4,13H2,1-2H3,(H,23,25)(H,24,26). The molecule has 1 aliphatic carbocycles. The number of benzene rings is 2. The quantitative estimate of drug-likeness (QED) is 0.700. The van der Waals surface area contributed by atoms with Crippen LogP contribution in [0.1, 0.15) is 38.2 Å². The number of nitrogens with one attached hydrogen (secondary N) is 3. The number of amides is 2. The number of carbonyl (C=O) groups is 2. The van der Waals surface area contributed by atoms with E-state index in [1.807, 2.05) is 48.5 Å². The molecule has 5 heteroatoms. The average molecular weight is 351 g/mol. The fourth-order valence-electron chi connectivity index (χ4n) is 2.60. The normalized spacial score (nSPS) is 13.3. The third-order valence-electron chi connectivity index (χ3n) is 4.41. The van der Waals surface area contributed by atoms with E-state index in [1.165, 1.54) is 5.56 Å². The van der Waals surface area contributed by atoms with Crippen molar-refractivity contribution in [1.82, 2.24) is 0 Å². The van der Waals surface area contributed by atoms with Crippen molar-refractivity contribution in [2.24, 2.45) is 5.92 Å². The molecule has 1 fully saturated rings. The minimum absolute atomic E-state index is 0.0913. The van der Waals surface area contributed by atoms with Gasteiger partial charge < -0.3 is 16.0 Å². The summed E-state index contributed by atoms with van der Waals surface area (Å²) in [5.74, 6) is 0.645. The van der Waals surface area contributed by atoms with E-state index in [-0.39, 0.29) is 24.3 Å². The molecule has 2 amide bonds. The molecule has 0 unspecified atom stereocenters. The molecule has 136 valence electrons. The average Bonchev–Trinajstić information content (AvgIpc) is 3.47. The molecule has 0 spiro atoms. The van der Waals surface area contributed by atoms with Crippen LogP contribution in [0.5, 0.6) is 0 Å². The molecule has 0 radical (unpaired) electrons. The summed E-state index contributed by atoms with van der Waals surface area (Å²) in [6.45, 7) is 4.46. The predicted molar refractivity (Wildman–Crippen MR) is 105 cm³/mol. The Labute approximate surface area is 154 Å². The van der Waals surface area contributed by atoms with Gasteiger partial charge in [0, 0.05) is 23.0 Å². The van der Waals surface area contributed by atoms with E-state index in [0.717, 1.165) is 29.9 Å². The summed E-state index contributed by atoms with van der Waals surface area (Å²) in [5.41, 5.74) is 3.65. The fraction of sp³-hybridized carbons (Fsp3) is 0.333. The first-order valence-corrected chi connectivity index (χ1v) is 9.06. The van der Waals surface area contributed by atoms with Crippen LogP contribution in [0.2, 0.25) is 0 Å². The van der Waals surface area contributed by atoms with Crippen LogP contribution < -0.4 is 16.0 Å². The lowest BCUT2D eigenvalue weighted by Gasteiger charge is -2.10. The van der Waals surface area contributed by atoms with Crippen LogP contribution in [0, 0.1) is 5.92 Å². The molecular weight excluding hydrogens is 326 g/mol. The van der Waals surface area contributed by atoms with Gasteiger partial charge in [-0.15, -0.1) is 0 Å². The summed E-state index contributed by atoms with van der Waals surface area (Å²) >= 11 is 0. The molecule has 0 atom stereocenters. The Hall–Kier alpha value is -2.82. The Morgan fingerprint density at radius 1 is 0.885 bits per heavy atom. The molecule has 0 saturated heterocycles. The van der Waals surface area contributed by atoms with E-state index in [2.05, 4.69) is 29.8 Å². The molecular formula is C21H25N3O2. The van der Waals surface area contributed by atoms with E-state index < -0.39 is 0 Å². The Balaban J connectivity index is 1.45. The first kappa shape index (κ1) is 18.0. The fourth-order valence-corrected chi connectivity index (χ4v) is 2.60. The highest BCUT2D eigenvalue weighted by atomic mass is 16.2. The number of hydrogen-bond acceptors (Lipinski definition) is 3. The van der Waals surface area contributed by atoms with Crippen molar-refractivity contribution in [2.75, 3.05) is 22.5 Å². The van der Waals surface area contributed by atoms with Gasteiger partial charge in [0.25, 0.3) is 0 Å². The molecule has 5 nitrogen and oxygen atoms in total. The third kappa shape index (κ3) is 5.09. The maximum atomic E-state index is 12.1. The lowest BCUT2D eigenvalue weighted by molar-refractivity contribution is -0.117. The van der Waals surface area contributed by atoms with Crippen molar-refractivity contribution >= 4 is 28.9 Å². The minimum atomic E-state index is -0.103. The number of anilines is 3. The van der Waals surface area contributed by atoms with Crippen LogP contribution in [0.25, 0.3) is 0 Å². The lowest BCUT2D eigenvalue weighted by Crippen LogP contribution is -2.21. The molecule has 3 rings (SSSR count). The monoisotopic (exact) mass is 351 g/mol. The highest BCUT2D eigenvalue weighted by molar-refractivity contribution is 5.95. The Morgan fingerprint density at radius 3 is 2.00 bits per heavy atom. The molecule has 0 aliphatic heterocycles. The van der Waals surface area contributed by atoms with Gasteiger partial charge in [0.2, 0.25) is 11.8 Å². The second kappa shape index (κ2) is 8.04. The molecule has 2 aromatic carbocycles. The molecule has 2 aromatic rings. The zero-order chi connectivity index (χ0) is 18.5. The maximum absolute atomic E-state index is 12.1. The van der Waals surface area contributed by atoms with Crippen molar-refractivity contribution < 1.29 is 9.59 Å². The zero-order valence-corrected chi connectivity index (χ0v) is 15.2.